The Morgan fingerprint density at radius 3 is 2.62 bits per heavy atom. The van der Waals surface area contributed by atoms with E-state index < -0.39 is 23.6 Å². The van der Waals surface area contributed by atoms with Crippen molar-refractivity contribution < 1.29 is 27.5 Å². The molecule has 1 heterocycles. The summed E-state index contributed by atoms with van der Waals surface area (Å²) in [5.74, 6) is -0.826. The molecule has 0 aliphatic carbocycles. The third-order valence-electron chi connectivity index (χ3n) is 5.21. The molecule has 6 nitrogen and oxygen atoms in total. The van der Waals surface area contributed by atoms with Crippen LogP contribution in [0.3, 0.4) is 0 Å². The smallest absolute Gasteiger partial charge is 0.416 e. The van der Waals surface area contributed by atoms with E-state index in [1.54, 1.807) is 17.9 Å². The third kappa shape index (κ3) is 5.93. The number of likely N-dealkylation sites (tertiary alicyclic amines) is 1. The van der Waals surface area contributed by atoms with Crippen molar-refractivity contribution in [3.05, 3.63) is 53.6 Å². The van der Waals surface area contributed by atoms with Crippen molar-refractivity contribution in [1.82, 2.24) is 4.90 Å². The van der Waals surface area contributed by atoms with Gasteiger partial charge in [-0.15, -0.1) is 0 Å². The summed E-state index contributed by atoms with van der Waals surface area (Å²) in [4.78, 5) is 27.0. The molecule has 1 unspecified atom stereocenters. The van der Waals surface area contributed by atoms with E-state index >= 15 is 0 Å². The van der Waals surface area contributed by atoms with Crippen LogP contribution in [0.25, 0.3) is 0 Å². The Balaban J connectivity index is 1.69. The number of ether oxygens (including phenoxy) is 1. The minimum Gasteiger partial charge on any atom is -0.492 e. The number of aryl methyl sites for hydroxylation is 1. The lowest BCUT2D eigenvalue weighted by atomic mass is 9.97. The maximum atomic E-state index is 13.1. The summed E-state index contributed by atoms with van der Waals surface area (Å²) in [6.45, 7) is 4.53. The van der Waals surface area contributed by atoms with E-state index in [0.717, 1.165) is 17.7 Å². The van der Waals surface area contributed by atoms with Crippen LogP contribution in [0.4, 0.5) is 29.3 Å². The minimum absolute atomic E-state index is 0.0342. The first-order valence-corrected chi connectivity index (χ1v) is 10.4. The van der Waals surface area contributed by atoms with Gasteiger partial charge >= 0.3 is 12.2 Å². The van der Waals surface area contributed by atoms with Gasteiger partial charge in [0.1, 0.15) is 5.75 Å². The van der Waals surface area contributed by atoms with Crippen molar-refractivity contribution in [3.8, 4) is 5.75 Å². The molecule has 2 N–H and O–H groups in total. The first-order valence-electron chi connectivity index (χ1n) is 10.4. The number of amides is 3. The van der Waals surface area contributed by atoms with Crippen LogP contribution in [0.2, 0.25) is 0 Å². The van der Waals surface area contributed by atoms with Gasteiger partial charge in [0.25, 0.3) is 0 Å². The molecule has 0 bridgehead atoms. The van der Waals surface area contributed by atoms with E-state index in [-0.39, 0.29) is 30.6 Å². The van der Waals surface area contributed by atoms with Crippen LogP contribution in [0.5, 0.6) is 5.75 Å². The zero-order valence-electron chi connectivity index (χ0n) is 18.0. The molecular weight excluding hydrogens is 423 g/mol. The lowest BCUT2D eigenvalue weighted by Gasteiger charge is -2.32. The SMILES string of the molecule is CCOc1ccc(C(F)(F)F)cc1NC(=O)C1CCCN(C(=O)Nc2cccc(C)c2)C1. The zero-order chi connectivity index (χ0) is 23.3. The van der Waals surface area contributed by atoms with Gasteiger partial charge in [-0.05, 0) is 62.6 Å². The molecular formula is C23H26F3N3O3. The number of hydrogen-bond donors (Lipinski definition) is 2. The number of carbonyl (C=O) groups excluding carboxylic acids is 2. The van der Waals surface area contributed by atoms with Crippen LogP contribution in [-0.2, 0) is 11.0 Å². The number of hydrogen-bond acceptors (Lipinski definition) is 3. The van der Waals surface area contributed by atoms with Gasteiger partial charge in [0.2, 0.25) is 5.91 Å². The summed E-state index contributed by atoms with van der Waals surface area (Å²) in [5, 5.41) is 5.39. The maximum Gasteiger partial charge on any atom is 0.416 e. The number of halogens is 3. The van der Waals surface area contributed by atoms with E-state index in [0.29, 0.717) is 25.1 Å². The molecule has 3 rings (SSSR count). The number of anilines is 2. The Morgan fingerprint density at radius 1 is 1.16 bits per heavy atom. The molecule has 1 saturated heterocycles. The predicted octanol–water partition coefficient (Wildman–Crippen LogP) is 5.30. The van der Waals surface area contributed by atoms with Crippen LogP contribution >= 0.6 is 0 Å². The third-order valence-corrected chi connectivity index (χ3v) is 5.21. The van der Waals surface area contributed by atoms with Crippen LogP contribution in [-0.4, -0.2) is 36.5 Å². The molecule has 1 fully saturated rings. The van der Waals surface area contributed by atoms with Gasteiger partial charge in [-0.2, -0.15) is 13.2 Å². The van der Waals surface area contributed by atoms with Crippen molar-refractivity contribution in [2.75, 3.05) is 30.3 Å². The Hall–Kier alpha value is -3.23. The lowest BCUT2D eigenvalue weighted by molar-refractivity contribution is -0.137. The number of urea groups is 1. The van der Waals surface area contributed by atoms with Gasteiger partial charge in [-0.3, -0.25) is 4.79 Å². The molecule has 0 radical (unpaired) electrons. The zero-order valence-corrected chi connectivity index (χ0v) is 18.0. The average molecular weight is 449 g/mol. The molecule has 32 heavy (non-hydrogen) atoms. The highest BCUT2D eigenvalue weighted by Crippen LogP contribution is 2.35. The Labute approximate surface area is 184 Å². The summed E-state index contributed by atoms with van der Waals surface area (Å²) in [7, 11) is 0. The normalized spacial score (nSPS) is 16.4. The standard InChI is InChI=1S/C23H26F3N3O3/c1-3-32-20-10-9-17(23(24,25)26)13-19(20)28-21(30)16-7-5-11-29(14-16)22(31)27-18-8-4-6-15(2)12-18/h4,6,8-10,12-13,16H,3,5,7,11,14H2,1-2H3,(H,27,31)(H,28,30). The van der Waals surface area contributed by atoms with E-state index in [4.69, 9.17) is 4.74 Å². The Bertz CT molecular complexity index is 978. The van der Waals surface area contributed by atoms with E-state index in [2.05, 4.69) is 10.6 Å². The van der Waals surface area contributed by atoms with Gasteiger partial charge in [0, 0.05) is 18.8 Å². The molecule has 0 saturated carbocycles. The second-order valence-corrected chi connectivity index (χ2v) is 7.72. The lowest BCUT2D eigenvalue weighted by Crippen LogP contribution is -2.45. The van der Waals surface area contributed by atoms with Gasteiger partial charge in [-0.1, -0.05) is 12.1 Å². The highest BCUT2D eigenvalue weighted by atomic mass is 19.4. The van der Waals surface area contributed by atoms with Crippen LogP contribution in [0.15, 0.2) is 42.5 Å². The number of nitrogens with zero attached hydrogens (tertiary/aromatic N) is 1. The fourth-order valence-electron chi connectivity index (χ4n) is 3.62. The van der Waals surface area contributed by atoms with Crippen molar-refractivity contribution in [1.29, 1.82) is 0 Å². The molecule has 172 valence electrons. The summed E-state index contributed by atoms with van der Waals surface area (Å²) in [5.41, 5.74) is 0.754. The second kappa shape index (κ2) is 9.93. The second-order valence-electron chi connectivity index (χ2n) is 7.72. The number of alkyl halides is 3. The van der Waals surface area contributed by atoms with Crippen LogP contribution in [0, 0.1) is 12.8 Å². The van der Waals surface area contributed by atoms with Crippen LogP contribution < -0.4 is 15.4 Å². The molecule has 1 aliphatic rings. The largest absolute Gasteiger partial charge is 0.492 e. The van der Waals surface area contributed by atoms with Gasteiger partial charge in [0.05, 0.1) is 23.8 Å². The summed E-state index contributed by atoms with van der Waals surface area (Å²) in [6.07, 6.45) is -3.40. The predicted molar refractivity (Wildman–Crippen MR) is 116 cm³/mol. The fourth-order valence-corrected chi connectivity index (χ4v) is 3.62. The highest BCUT2D eigenvalue weighted by Gasteiger charge is 2.33. The number of piperidine rings is 1. The molecule has 2 aromatic rings. The highest BCUT2D eigenvalue weighted by molar-refractivity contribution is 5.95. The van der Waals surface area contributed by atoms with Crippen molar-refractivity contribution in [2.45, 2.75) is 32.9 Å². The number of rotatable bonds is 5. The van der Waals surface area contributed by atoms with E-state index in [1.165, 1.54) is 6.07 Å². The fraction of sp³-hybridized carbons (Fsp3) is 0.391. The molecule has 2 aromatic carbocycles. The number of benzene rings is 2. The Kier molecular flexibility index (Phi) is 7.27. The number of nitrogens with one attached hydrogen (secondary N) is 2. The molecule has 3 amide bonds. The number of carbonyl (C=O) groups is 2. The maximum absolute atomic E-state index is 13.1. The topological polar surface area (TPSA) is 70.7 Å². The first kappa shape index (κ1) is 23.4. The Morgan fingerprint density at radius 2 is 1.94 bits per heavy atom. The monoisotopic (exact) mass is 449 g/mol. The van der Waals surface area contributed by atoms with Crippen molar-refractivity contribution in [2.24, 2.45) is 5.92 Å². The molecule has 0 aromatic heterocycles. The average Bonchev–Trinajstić information content (AvgIpc) is 2.74. The van der Waals surface area contributed by atoms with Gasteiger partial charge in [0.15, 0.2) is 0 Å². The van der Waals surface area contributed by atoms with E-state index in [9.17, 15) is 22.8 Å². The van der Waals surface area contributed by atoms with Gasteiger partial charge in [-0.25, -0.2) is 4.79 Å². The van der Waals surface area contributed by atoms with Gasteiger partial charge < -0.3 is 20.3 Å². The van der Waals surface area contributed by atoms with Crippen molar-refractivity contribution >= 4 is 23.3 Å². The first-order chi connectivity index (χ1) is 15.2. The molecule has 1 aliphatic heterocycles. The quantitative estimate of drug-likeness (QED) is 0.651. The molecule has 9 heteroatoms. The summed E-state index contributed by atoms with van der Waals surface area (Å²) < 4.78 is 44.7. The molecule has 0 spiro atoms. The summed E-state index contributed by atoms with van der Waals surface area (Å²) >= 11 is 0. The van der Waals surface area contributed by atoms with E-state index in [1.807, 2.05) is 25.1 Å². The van der Waals surface area contributed by atoms with Crippen LogP contribution in [0.1, 0.15) is 30.9 Å². The minimum atomic E-state index is -4.54. The van der Waals surface area contributed by atoms with Crippen molar-refractivity contribution in [3.63, 3.8) is 0 Å². The summed E-state index contributed by atoms with van der Waals surface area (Å²) in [6, 6.07) is 10.0. The molecule has 1 atom stereocenters.